The number of aliphatic hydroxyl groups is 1. The van der Waals surface area contributed by atoms with Crippen molar-refractivity contribution in [2.45, 2.75) is 0 Å². The highest BCUT2D eigenvalue weighted by molar-refractivity contribution is 5.76. The normalized spacial score (nSPS) is 6.23. The summed E-state index contributed by atoms with van der Waals surface area (Å²) in [6.07, 6.45) is 0. The molecule has 0 spiro atoms. The highest BCUT2D eigenvalue weighted by atomic mass is 16.3. The van der Waals surface area contributed by atoms with E-state index in [0.717, 1.165) is 0 Å². The second kappa shape index (κ2) is 22.5. The van der Waals surface area contributed by atoms with E-state index in [-0.39, 0.29) is 11.4 Å². The number of hydrogen-bond acceptors (Lipinski definition) is 4. The zero-order valence-corrected chi connectivity index (χ0v) is 8.63. The summed E-state index contributed by atoms with van der Waals surface area (Å²) in [6, 6.07) is 0. The average Bonchev–Trinajstić information content (AvgIpc) is 2.08. The summed E-state index contributed by atoms with van der Waals surface area (Å²) in [6.45, 7) is 1.60. The summed E-state index contributed by atoms with van der Waals surface area (Å²) < 4.78 is 0. The first-order valence-electron chi connectivity index (χ1n) is 3.28. The number of hydrogen-bond donors (Lipinski definition) is 2. The number of carbonyl (C=O) groups excluding carboxylic acids is 2. The van der Waals surface area contributed by atoms with Crippen LogP contribution in [0.1, 0.15) is 0 Å². The molecule has 4 N–H and O–H groups in total. The van der Waals surface area contributed by atoms with Crippen LogP contribution in [0.5, 0.6) is 0 Å². The Morgan fingerprint density at radius 3 is 1.62 bits per heavy atom. The lowest BCUT2D eigenvalue weighted by atomic mass is 10.6. The van der Waals surface area contributed by atoms with Crippen molar-refractivity contribution in [1.29, 1.82) is 0 Å². The largest absolute Gasteiger partial charge is 0.412 e. The highest BCUT2D eigenvalue weighted by Crippen LogP contribution is 1.71. The third-order valence-electron chi connectivity index (χ3n) is 0.634. The molecule has 0 heterocycles. The van der Waals surface area contributed by atoms with E-state index >= 15 is 0 Å². The first-order chi connectivity index (χ1) is 5.59. The number of nitrogens with zero attached hydrogens (tertiary/aromatic N) is 1. The number of amides is 1. The average molecular weight is 196 g/mol. The van der Waals surface area contributed by atoms with E-state index in [2.05, 4.69) is 5.32 Å². The summed E-state index contributed by atoms with van der Waals surface area (Å²) in [5.41, 5.74) is 0. The van der Waals surface area contributed by atoms with E-state index in [9.17, 15) is 4.79 Å². The predicted molar refractivity (Wildman–Crippen MR) is 51.5 cm³/mol. The Hall–Kier alpha value is -0.980. The zero-order chi connectivity index (χ0) is 10.6. The minimum Gasteiger partial charge on any atom is -0.412 e. The Morgan fingerprint density at radius 1 is 1.38 bits per heavy atom. The summed E-state index contributed by atoms with van der Waals surface area (Å²) in [5.74, 6) is -0.264. The van der Waals surface area contributed by atoms with E-state index < -0.39 is 6.61 Å². The third-order valence-corrected chi connectivity index (χ3v) is 0.634. The maximum absolute atomic E-state index is 10.2. The fourth-order valence-electron chi connectivity index (χ4n) is 0.141. The van der Waals surface area contributed by atoms with Crippen molar-refractivity contribution in [3.8, 4) is 0 Å². The highest BCUT2D eigenvalue weighted by Gasteiger charge is 1.96. The monoisotopic (exact) mass is 196 g/mol. The van der Waals surface area contributed by atoms with Crippen LogP contribution in [-0.2, 0) is 9.59 Å². The summed E-state index contributed by atoms with van der Waals surface area (Å²) >= 11 is 0. The van der Waals surface area contributed by atoms with E-state index in [0.29, 0.717) is 0 Å². The van der Waals surface area contributed by atoms with Gasteiger partial charge in [-0.3, -0.25) is 4.79 Å². The van der Waals surface area contributed by atoms with Crippen LogP contribution < -0.4 is 5.32 Å². The van der Waals surface area contributed by atoms with Crippen molar-refractivity contribution in [3.63, 3.8) is 0 Å². The second-order valence-corrected chi connectivity index (χ2v) is 1.95. The maximum atomic E-state index is 10.2. The van der Waals surface area contributed by atoms with Gasteiger partial charge < -0.3 is 25.6 Å². The van der Waals surface area contributed by atoms with Gasteiger partial charge in [0.25, 0.3) is 0 Å². The zero-order valence-electron chi connectivity index (χ0n) is 8.63. The quantitative estimate of drug-likeness (QED) is 0.501. The second-order valence-electron chi connectivity index (χ2n) is 1.95. The summed E-state index contributed by atoms with van der Waals surface area (Å²) in [7, 11) is 6.94. The van der Waals surface area contributed by atoms with Crippen LogP contribution in [-0.4, -0.2) is 63.0 Å². The van der Waals surface area contributed by atoms with Crippen LogP contribution in [0.3, 0.4) is 0 Å². The molecule has 82 valence electrons. The van der Waals surface area contributed by atoms with Gasteiger partial charge in [0.1, 0.15) is 13.4 Å². The molecule has 0 aliphatic rings. The molecule has 0 aromatic heterocycles. The number of rotatable bonds is 1. The molecule has 0 aliphatic carbocycles. The van der Waals surface area contributed by atoms with Gasteiger partial charge in [-0.25, -0.2) is 0 Å². The molecule has 0 rings (SSSR count). The molecule has 0 saturated heterocycles. The molecule has 0 bridgehead atoms. The number of carbonyl (C=O) groups is 2. The number of aliphatic hydroxyl groups excluding tert-OH is 1. The molecule has 6 heteroatoms. The van der Waals surface area contributed by atoms with Crippen LogP contribution in [0.15, 0.2) is 0 Å². The summed E-state index contributed by atoms with van der Waals surface area (Å²) in [5, 5.41) is 10.9. The van der Waals surface area contributed by atoms with E-state index in [4.69, 9.17) is 9.90 Å². The van der Waals surface area contributed by atoms with Gasteiger partial charge in [0.05, 0.1) is 0 Å². The lowest BCUT2D eigenvalue weighted by molar-refractivity contribution is -0.131. The van der Waals surface area contributed by atoms with Gasteiger partial charge in [0.2, 0.25) is 5.91 Å². The van der Waals surface area contributed by atoms with Crippen LogP contribution in [0, 0.1) is 0 Å². The van der Waals surface area contributed by atoms with Gasteiger partial charge in [-0.2, -0.15) is 0 Å². The van der Waals surface area contributed by atoms with Crippen molar-refractivity contribution in [3.05, 3.63) is 0 Å². The first-order valence-corrected chi connectivity index (χ1v) is 3.28. The van der Waals surface area contributed by atoms with Gasteiger partial charge in [0, 0.05) is 14.1 Å². The SMILES string of the molecule is C=O.CN(C)C(=O)CO.CNC.O. The van der Waals surface area contributed by atoms with Gasteiger partial charge >= 0.3 is 0 Å². The van der Waals surface area contributed by atoms with Crippen LogP contribution in [0.25, 0.3) is 0 Å². The minimum atomic E-state index is -0.396. The van der Waals surface area contributed by atoms with Crippen molar-refractivity contribution < 1.29 is 20.2 Å². The molecule has 0 atom stereocenters. The van der Waals surface area contributed by atoms with Crippen molar-refractivity contribution >= 4 is 12.7 Å². The Kier molecular flexibility index (Phi) is 39.2. The van der Waals surface area contributed by atoms with Gasteiger partial charge in [-0.15, -0.1) is 0 Å². The van der Waals surface area contributed by atoms with Gasteiger partial charge in [0.15, 0.2) is 0 Å². The first kappa shape index (κ1) is 22.7. The van der Waals surface area contributed by atoms with E-state index in [1.54, 1.807) is 14.1 Å². The number of likely N-dealkylation sites (N-methyl/N-ethyl adjacent to an activating group) is 1. The summed E-state index contributed by atoms with van der Waals surface area (Å²) in [4.78, 5) is 19.5. The number of nitrogens with one attached hydrogen (secondary N) is 1. The predicted octanol–water partition coefficient (Wildman–Crippen LogP) is -2.11. The minimum absolute atomic E-state index is 0. The molecular formula is C7H20N2O4. The third kappa shape index (κ3) is 35.6. The molecule has 13 heavy (non-hydrogen) atoms. The molecule has 1 amide bonds. The van der Waals surface area contributed by atoms with Gasteiger partial charge in [-0.1, -0.05) is 0 Å². The van der Waals surface area contributed by atoms with Crippen molar-refractivity contribution in [2.24, 2.45) is 0 Å². The Morgan fingerprint density at radius 2 is 1.62 bits per heavy atom. The Bertz CT molecular complexity index is 98.5. The smallest absolute Gasteiger partial charge is 0.247 e. The van der Waals surface area contributed by atoms with Crippen LogP contribution >= 0.6 is 0 Å². The molecule has 0 radical (unpaired) electrons. The maximum Gasteiger partial charge on any atom is 0.247 e. The van der Waals surface area contributed by atoms with Crippen molar-refractivity contribution in [2.75, 3.05) is 34.8 Å². The van der Waals surface area contributed by atoms with E-state index in [1.165, 1.54) is 4.90 Å². The lowest BCUT2D eigenvalue weighted by Crippen LogP contribution is -2.24. The van der Waals surface area contributed by atoms with Crippen LogP contribution in [0.4, 0.5) is 0 Å². The lowest BCUT2D eigenvalue weighted by Gasteiger charge is -2.05. The molecule has 0 saturated carbocycles. The molecule has 0 unspecified atom stereocenters. The Labute approximate surface area is 78.8 Å². The van der Waals surface area contributed by atoms with Crippen molar-refractivity contribution in [1.82, 2.24) is 10.2 Å². The molecule has 6 nitrogen and oxygen atoms in total. The van der Waals surface area contributed by atoms with E-state index in [1.807, 2.05) is 20.9 Å². The Balaban J connectivity index is -0.0000000581. The fraction of sp³-hybridized carbons (Fsp3) is 0.714. The molecule has 0 aromatic rings. The standard InChI is InChI=1S/C4H9NO2.C2H7N.CH2O.H2O/c1-5(2)4(7)3-6;1-3-2;1-2;/h6H,3H2,1-2H3;3H,1-2H3;1H2;1H2. The molecular weight excluding hydrogens is 176 g/mol. The molecule has 0 fully saturated rings. The topological polar surface area (TPSA) is 101 Å². The van der Waals surface area contributed by atoms with Gasteiger partial charge in [-0.05, 0) is 14.1 Å². The van der Waals surface area contributed by atoms with Crippen LogP contribution in [0.2, 0.25) is 0 Å². The molecule has 0 aliphatic heterocycles. The molecule has 0 aromatic carbocycles. The fourth-order valence-corrected chi connectivity index (χ4v) is 0.141.